The standard InChI is InChI=1S/C15H17NO3/c1-18-13-11-8-4-5-9-12(11)19-14(13)15(17)16-10-6-2-3-7-10/h4-5,8-10H,2-3,6-7H2,1H3,(H,16,17). The van der Waals surface area contributed by atoms with Crippen LogP contribution in [0.1, 0.15) is 36.2 Å². The number of hydrogen-bond acceptors (Lipinski definition) is 3. The Morgan fingerprint density at radius 2 is 2.05 bits per heavy atom. The van der Waals surface area contributed by atoms with E-state index in [9.17, 15) is 4.79 Å². The van der Waals surface area contributed by atoms with Crippen LogP contribution in [0.2, 0.25) is 0 Å². The molecule has 2 aromatic rings. The van der Waals surface area contributed by atoms with Crippen molar-refractivity contribution in [3.8, 4) is 5.75 Å². The SMILES string of the molecule is COc1c(C(=O)NC2CCCC2)oc2ccccc12. The molecule has 4 nitrogen and oxygen atoms in total. The number of ether oxygens (including phenoxy) is 1. The summed E-state index contributed by atoms with van der Waals surface area (Å²) in [5.41, 5.74) is 0.677. The third-order valence-corrected chi connectivity index (χ3v) is 3.65. The summed E-state index contributed by atoms with van der Waals surface area (Å²) in [7, 11) is 1.56. The minimum absolute atomic E-state index is 0.181. The Bertz CT molecular complexity index is 596. The molecule has 1 amide bonds. The maximum absolute atomic E-state index is 12.3. The average molecular weight is 259 g/mol. The third kappa shape index (κ3) is 2.18. The van der Waals surface area contributed by atoms with Gasteiger partial charge < -0.3 is 14.5 Å². The van der Waals surface area contributed by atoms with Crippen LogP contribution in [0.15, 0.2) is 28.7 Å². The first-order valence-corrected chi connectivity index (χ1v) is 6.66. The first kappa shape index (κ1) is 12.1. The Morgan fingerprint density at radius 1 is 1.32 bits per heavy atom. The lowest BCUT2D eigenvalue weighted by molar-refractivity contribution is 0.0908. The molecule has 0 atom stereocenters. The van der Waals surface area contributed by atoms with Crippen molar-refractivity contribution in [1.29, 1.82) is 0 Å². The summed E-state index contributed by atoms with van der Waals surface area (Å²) in [6.45, 7) is 0. The highest BCUT2D eigenvalue weighted by Gasteiger charge is 2.24. The molecule has 100 valence electrons. The fraction of sp³-hybridized carbons (Fsp3) is 0.400. The quantitative estimate of drug-likeness (QED) is 0.921. The molecular weight excluding hydrogens is 242 g/mol. The van der Waals surface area contributed by atoms with Gasteiger partial charge in [-0.15, -0.1) is 0 Å². The minimum Gasteiger partial charge on any atom is -0.492 e. The maximum atomic E-state index is 12.3. The smallest absolute Gasteiger partial charge is 0.291 e. The lowest BCUT2D eigenvalue weighted by Crippen LogP contribution is -2.32. The summed E-state index contributed by atoms with van der Waals surface area (Å²) >= 11 is 0. The number of para-hydroxylation sites is 1. The molecule has 0 unspecified atom stereocenters. The minimum atomic E-state index is -0.181. The van der Waals surface area contributed by atoms with Crippen molar-refractivity contribution >= 4 is 16.9 Å². The molecule has 0 spiro atoms. The van der Waals surface area contributed by atoms with E-state index in [0.29, 0.717) is 11.3 Å². The summed E-state index contributed by atoms with van der Waals surface area (Å²) in [6, 6.07) is 7.78. The highest BCUT2D eigenvalue weighted by atomic mass is 16.5. The molecule has 1 aliphatic carbocycles. The topological polar surface area (TPSA) is 51.5 Å². The number of carbonyl (C=O) groups excluding carboxylic acids is 1. The summed E-state index contributed by atoms with van der Waals surface area (Å²) in [5.74, 6) is 0.613. The second kappa shape index (κ2) is 4.96. The average Bonchev–Trinajstić information content (AvgIpc) is 3.04. The third-order valence-electron chi connectivity index (χ3n) is 3.65. The van der Waals surface area contributed by atoms with Gasteiger partial charge in [0.15, 0.2) is 5.75 Å². The Morgan fingerprint density at radius 3 is 2.79 bits per heavy atom. The molecule has 0 bridgehead atoms. The zero-order chi connectivity index (χ0) is 13.2. The fourth-order valence-electron chi connectivity index (χ4n) is 2.70. The molecule has 1 saturated carbocycles. The maximum Gasteiger partial charge on any atom is 0.291 e. The monoisotopic (exact) mass is 259 g/mol. The van der Waals surface area contributed by atoms with Gasteiger partial charge >= 0.3 is 0 Å². The normalized spacial score (nSPS) is 15.8. The molecule has 0 aliphatic heterocycles. The van der Waals surface area contributed by atoms with Crippen LogP contribution in [0.4, 0.5) is 0 Å². The molecule has 1 fully saturated rings. The predicted molar refractivity (Wildman–Crippen MR) is 72.5 cm³/mol. The van der Waals surface area contributed by atoms with Gasteiger partial charge in [0.05, 0.1) is 12.5 Å². The fourth-order valence-corrected chi connectivity index (χ4v) is 2.70. The zero-order valence-electron chi connectivity index (χ0n) is 10.9. The van der Waals surface area contributed by atoms with E-state index < -0.39 is 0 Å². The molecule has 19 heavy (non-hydrogen) atoms. The first-order valence-electron chi connectivity index (χ1n) is 6.66. The van der Waals surface area contributed by atoms with E-state index in [0.717, 1.165) is 18.2 Å². The molecule has 0 radical (unpaired) electrons. The van der Waals surface area contributed by atoms with Crippen LogP contribution < -0.4 is 10.1 Å². The van der Waals surface area contributed by atoms with Gasteiger partial charge in [-0.3, -0.25) is 4.79 Å². The number of fused-ring (bicyclic) bond motifs is 1. The highest BCUT2D eigenvalue weighted by Crippen LogP contribution is 2.33. The van der Waals surface area contributed by atoms with Crippen LogP contribution >= 0.6 is 0 Å². The number of hydrogen-bond donors (Lipinski definition) is 1. The molecule has 1 aromatic carbocycles. The van der Waals surface area contributed by atoms with E-state index in [-0.39, 0.29) is 17.7 Å². The van der Waals surface area contributed by atoms with Crippen molar-refractivity contribution in [1.82, 2.24) is 5.32 Å². The van der Waals surface area contributed by atoms with Gasteiger partial charge in [0, 0.05) is 6.04 Å². The molecular formula is C15H17NO3. The van der Waals surface area contributed by atoms with Crippen LogP contribution in [0.3, 0.4) is 0 Å². The number of benzene rings is 1. The van der Waals surface area contributed by atoms with Gasteiger partial charge in [-0.05, 0) is 25.0 Å². The number of furan rings is 1. The van der Waals surface area contributed by atoms with Gasteiger partial charge in [-0.25, -0.2) is 0 Å². The van der Waals surface area contributed by atoms with Crippen molar-refractivity contribution in [2.24, 2.45) is 0 Å². The molecule has 1 aliphatic rings. The molecule has 3 rings (SSSR count). The Labute approximate surface area is 111 Å². The van der Waals surface area contributed by atoms with E-state index in [1.807, 2.05) is 24.3 Å². The molecule has 1 aromatic heterocycles. The van der Waals surface area contributed by atoms with Gasteiger partial charge in [0.2, 0.25) is 5.76 Å². The van der Waals surface area contributed by atoms with E-state index in [2.05, 4.69) is 5.32 Å². The Balaban J connectivity index is 1.92. The lowest BCUT2D eigenvalue weighted by atomic mass is 10.2. The number of rotatable bonds is 3. The van der Waals surface area contributed by atoms with E-state index in [4.69, 9.17) is 9.15 Å². The van der Waals surface area contributed by atoms with Crippen LogP contribution in [0.25, 0.3) is 11.0 Å². The first-order chi connectivity index (χ1) is 9.29. The molecule has 0 saturated heterocycles. The summed E-state index contributed by atoms with van der Waals surface area (Å²) in [4.78, 5) is 12.3. The second-order valence-corrected chi connectivity index (χ2v) is 4.92. The van der Waals surface area contributed by atoms with Crippen molar-refractivity contribution in [2.45, 2.75) is 31.7 Å². The van der Waals surface area contributed by atoms with Crippen molar-refractivity contribution in [3.05, 3.63) is 30.0 Å². The van der Waals surface area contributed by atoms with Crippen LogP contribution in [-0.2, 0) is 0 Å². The van der Waals surface area contributed by atoms with E-state index >= 15 is 0 Å². The van der Waals surface area contributed by atoms with Gasteiger partial charge in [-0.2, -0.15) is 0 Å². The van der Waals surface area contributed by atoms with Crippen LogP contribution in [-0.4, -0.2) is 19.1 Å². The number of nitrogens with one attached hydrogen (secondary N) is 1. The number of methoxy groups -OCH3 is 1. The zero-order valence-corrected chi connectivity index (χ0v) is 10.9. The molecule has 4 heteroatoms. The van der Waals surface area contributed by atoms with E-state index in [1.54, 1.807) is 7.11 Å². The van der Waals surface area contributed by atoms with Gasteiger partial charge in [-0.1, -0.05) is 25.0 Å². The van der Waals surface area contributed by atoms with Crippen LogP contribution in [0.5, 0.6) is 5.75 Å². The van der Waals surface area contributed by atoms with E-state index in [1.165, 1.54) is 12.8 Å². The number of amides is 1. The highest BCUT2D eigenvalue weighted by molar-refractivity contribution is 6.01. The van der Waals surface area contributed by atoms with Crippen molar-refractivity contribution in [2.75, 3.05) is 7.11 Å². The van der Waals surface area contributed by atoms with Crippen LogP contribution in [0, 0.1) is 0 Å². The van der Waals surface area contributed by atoms with Gasteiger partial charge in [0.25, 0.3) is 5.91 Å². The van der Waals surface area contributed by atoms with Crippen molar-refractivity contribution < 1.29 is 13.9 Å². The molecule has 1 heterocycles. The summed E-state index contributed by atoms with van der Waals surface area (Å²) < 4.78 is 11.0. The number of carbonyl (C=O) groups is 1. The summed E-state index contributed by atoms with van der Waals surface area (Å²) in [6.07, 6.45) is 4.47. The van der Waals surface area contributed by atoms with Crippen molar-refractivity contribution in [3.63, 3.8) is 0 Å². The Kier molecular flexibility index (Phi) is 3.15. The largest absolute Gasteiger partial charge is 0.492 e. The molecule has 1 N–H and O–H groups in total. The lowest BCUT2D eigenvalue weighted by Gasteiger charge is -2.10. The summed E-state index contributed by atoms with van der Waals surface area (Å²) in [5, 5.41) is 3.85. The Hall–Kier alpha value is -1.97. The second-order valence-electron chi connectivity index (χ2n) is 4.92. The van der Waals surface area contributed by atoms with Gasteiger partial charge in [0.1, 0.15) is 5.58 Å². The predicted octanol–water partition coefficient (Wildman–Crippen LogP) is 3.11.